The maximum atomic E-state index is 11.0. The summed E-state index contributed by atoms with van der Waals surface area (Å²) >= 11 is 0. The number of hydrogen-bond donors (Lipinski definition) is 0. The van der Waals surface area contributed by atoms with Crippen molar-refractivity contribution in [3.63, 3.8) is 0 Å². The fourth-order valence-corrected chi connectivity index (χ4v) is 1.83. The smallest absolute Gasteiger partial charge is 0.153 e. The number of rotatable bonds is 7. The van der Waals surface area contributed by atoms with Crippen molar-refractivity contribution < 1.29 is 4.79 Å². The van der Waals surface area contributed by atoms with E-state index in [0.717, 1.165) is 37.9 Å². The molecule has 0 fully saturated rings. The molecule has 1 aromatic heterocycles. The molecule has 0 radical (unpaired) electrons. The van der Waals surface area contributed by atoms with Gasteiger partial charge in [0.05, 0.1) is 5.56 Å². The normalized spacial score (nSPS) is 12.2. The van der Waals surface area contributed by atoms with Crippen LogP contribution >= 0.6 is 0 Å². The zero-order chi connectivity index (χ0) is 12.7. The highest BCUT2D eigenvalue weighted by atomic mass is 16.1. The van der Waals surface area contributed by atoms with E-state index in [9.17, 15) is 4.79 Å². The molecule has 1 rings (SSSR count). The van der Waals surface area contributed by atoms with Gasteiger partial charge in [0.1, 0.15) is 5.82 Å². The van der Waals surface area contributed by atoms with E-state index in [1.165, 1.54) is 0 Å². The molecule has 1 heterocycles. The quantitative estimate of drug-likeness (QED) is 0.679. The van der Waals surface area contributed by atoms with Crippen LogP contribution in [-0.4, -0.2) is 23.9 Å². The van der Waals surface area contributed by atoms with Gasteiger partial charge in [-0.2, -0.15) is 0 Å². The number of carbonyl (C=O) groups is 1. The molecule has 0 aliphatic rings. The van der Waals surface area contributed by atoms with Crippen molar-refractivity contribution in [3.8, 4) is 0 Å². The van der Waals surface area contributed by atoms with Crippen molar-refractivity contribution in [3.05, 3.63) is 23.9 Å². The number of carbonyl (C=O) groups excluding carboxylic acids is 1. The average Bonchev–Trinajstić information content (AvgIpc) is 2.39. The summed E-state index contributed by atoms with van der Waals surface area (Å²) in [4.78, 5) is 17.7. The summed E-state index contributed by atoms with van der Waals surface area (Å²) in [5, 5.41) is 0. The number of aromatic nitrogens is 1. The van der Waals surface area contributed by atoms with Gasteiger partial charge in [-0.15, -0.1) is 0 Å². The average molecular weight is 234 g/mol. The molecule has 17 heavy (non-hydrogen) atoms. The molecule has 0 saturated heterocycles. The Kier molecular flexibility index (Phi) is 5.67. The maximum absolute atomic E-state index is 11.0. The molecule has 3 nitrogen and oxygen atoms in total. The molecule has 1 atom stereocenters. The molecule has 1 unspecified atom stereocenters. The Morgan fingerprint density at radius 1 is 1.47 bits per heavy atom. The predicted octanol–water partition coefficient (Wildman–Crippen LogP) is 3.30. The summed E-state index contributed by atoms with van der Waals surface area (Å²) in [5.74, 6) is 0.824. The molecule has 94 valence electrons. The second-order valence-corrected chi connectivity index (χ2v) is 4.34. The van der Waals surface area contributed by atoms with Crippen LogP contribution in [0.25, 0.3) is 0 Å². The lowest BCUT2D eigenvalue weighted by atomic mass is 10.1. The molecule has 0 saturated carbocycles. The maximum Gasteiger partial charge on any atom is 0.153 e. The lowest BCUT2D eigenvalue weighted by Gasteiger charge is -2.30. The van der Waals surface area contributed by atoms with Gasteiger partial charge in [-0.1, -0.05) is 20.3 Å². The molecular formula is C14H22N2O. The van der Waals surface area contributed by atoms with Gasteiger partial charge in [0.15, 0.2) is 6.29 Å². The van der Waals surface area contributed by atoms with Crippen molar-refractivity contribution in [2.75, 3.05) is 11.4 Å². The molecular weight excluding hydrogens is 212 g/mol. The van der Waals surface area contributed by atoms with Gasteiger partial charge >= 0.3 is 0 Å². The Labute approximate surface area is 104 Å². The summed E-state index contributed by atoms with van der Waals surface area (Å²) in [6.45, 7) is 7.48. The Morgan fingerprint density at radius 2 is 2.24 bits per heavy atom. The Bertz CT molecular complexity index is 352. The molecule has 1 aromatic rings. The SMILES string of the molecule is CCCCN(c1ncccc1C=O)C(C)CC. The Morgan fingerprint density at radius 3 is 2.82 bits per heavy atom. The van der Waals surface area contributed by atoms with E-state index in [1.807, 2.05) is 12.1 Å². The van der Waals surface area contributed by atoms with E-state index >= 15 is 0 Å². The van der Waals surface area contributed by atoms with Crippen molar-refractivity contribution in [2.24, 2.45) is 0 Å². The van der Waals surface area contributed by atoms with Crippen LogP contribution in [0.4, 0.5) is 5.82 Å². The Balaban J connectivity index is 2.98. The zero-order valence-corrected chi connectivity index (χ0v) is 11.0. The number of unbranched alkanes of at least 4 members (excludes halogenated alkanes) is 1. The first-order valence-electron chi connectivity index (χ1n) is 6.41. The minimum atomic E-state index is 0.412. The lowest BCUT2D eigenvalue weighted by molar-refractivity contribution is 0.112. The van der Waals surface area contributed by atoms with Gasteiger partial charge in [-0.3, -0.25) is 4.79 Å². The first-order valence-corrected chi connectivity index (χ1v) is 6.41. The third-order valence-corrected chi connectivity index (χ3v) is 3.09. The van der Waals surface area contributed by atoms with E-state index < -0.39 is 0 Å². The standard InChI is InChI=1S/C14H22N2O/c1-4-6-10-16(12(3)5-2)14-13(11-17)8-7-9-15-14/h7-9,11-12H,4-6,10H2,1-3H3. The summed E-state index contributed by atoms with van der Waals surface area (Å²) in [6.07, 6.45) is 5.97. The van der Waals surface area contributed by atoms with Crippen LogP contribution in [0.5, 0.6) is 0 Å². The van der Waals surface area contributed by atoms with Gasteiger partial charge in [0, 0.05) is 18.8 Å². The van der Waals surface area contributed by atoms with E-state index in [1.54, 1.807) is 6.20 Å². The third-order valence-electron chi connectivity index (χ3n) is 3.09. The van der Waals surface area contributed by atoms with Crippen LogP contribution in [-0.2, 0) is 0 Å². The minimum absolute atomic E-state index is 0.412. The fraction of sp³-hybridized carbons (Fsp3) is 0.571. The fourth-order valence-electron chi connectivity index (χ4n) is 1.83. The van der Waals surface area contributed by atoms with Crippen LogP contribution in [0, 0.1) is 0 Å². The van der Waals surface area contributed by atoms with Gasteiger partial charge in [-0.05, 0) is 31.9 Å². The number of pyridine rings is 1. The van der Waals surface area contributed by atoms with Crippen LogP contribution in [0.15, 0.2) is 18.3 Å². The van der Waals surface area contributed by atoms with Crippen molar-refractivity contribution in [1.82, 2.24) is 4.98 Å². The lowest BCUT2D eigenvalue weighted by Crippen LogP contribution is -2.35. The topological polar surface area (TPSA) is 33.2 Å². The number of anilines is 1. The largest absolute Gasteiger partial charge is 0.353 e. The first kappa shape index (κ1) is 13.7. The van der Waals surface area contributed by atoms with Gasteiger partial charge < -0.3 is 4.90 Å². The third kappa shape index (κ3) is 3.55. The van der Waals surface area contributed by atoms with E-state index in [0.29, 0.717) is 11.6 Å². The second-order valence-electron chi connectivity index (χ2n) is 4.34. The number of hydrogen-bond acceptors (Lipinski definition) is 3. The van der Waals surface area contributed by atoms with Crippen molar-refractivity contribution in [1.29, 1.82) is 0 Å². The molecule has 0 aromatic carbocycles. The zero-order valence-electron chi connectivity index (χ0n) is 11.0. The summed E-state index contributed by atoms with van der Waals surface area (Å²) in [7, 11) is 0. The first-order chi connectivity index (χ1) is 8.24. The highest BCUT2D eigenvalue weighted by molar-refractivity contribution is 5.82. The van der Waals surface area contributed by atoms with Gasteiger partial charge in [-0.25, -0.2) is 4.98 Å². The van der Waals surface area contributed by atoms with Crippen LogP contribution in [0.3, 0.4) is 0 Å². The van der Waals surface area contributed by atoms with Gasteiger partial charge in [0.25, 0.3) is 0 Å². The van der Waals surface area contributed by atoms with Gasteiger partial charge in [0.2, 0.25) is 0 Å². The number of nitrogens with zero attached hydrogens (tertiary/aromatic N) is 2. The van der Waals surface area contributed by atoms with Crippen molar-refractivity contribution >= 4 is 12.1 Å². The van der Waals surface area contributed by atoms with E-state index in [4.69, 9.17) is 0 Å². The van der Waals surface area contributed by atoms with Crippen LogP contribution in [0.1, 0.15) is 50.4 Å². The molecule has 0 N–H and O–H groups in total. The van der Waals surface area contributed by atoms with E-state index in [2.05, 4.69) is 30.7 Å². The second kappa shape index (κ2) is 7.05. The van der Waals surface area contributed by atoms with Crippen LogP contribution in [0.2, 0.25) is 0 Å². The molecule has 0 bridgehead atoms. The molecule has 3 heteroatoms. The van der Waals surface area contributed by atoms with Crippen LogP contribution < -0.4 is 4.90 Å². The highest BCUT2D eigenvalue weighted by Gasteiger charge is 2.16. The molecule has 0 aliphatic carbocycles. The summed E-state index contributed by atoms with van der Waals surface area (Å²) in [5.41, 5.74) is 0.684. The highest BCUT2D eigenvalue weighted by Crippen LogP contribution is 2.20. The molecule has 0 spiro atoms. The minimum Gasteiger partial charge on any atom is -0.353 e. The van der Waals surface area contributed by atoms with E-state index in [-0.39, 0.29) is 0 Å². The van der Waals surface area contributed by atoms with Crippen molar-refractivity contribution in [2.45, 2.75) is 46.1 Å². The summed E-state index contributed by atoms with van der Waals surface area (Å²) in [6, 6.07) is 4.05. The summed E-state index contributed by atoms with van der Waals surface area (Å²) < 4.78 is 0. The predicted molar refractivity (Wildman–Crippen MR) is 71.6 cm³/mol. The Hall–Kier alpha value is -1.38. The monoisotopic (exact) mass is 234 g/mol. The number of aldehydes is 1. The molecule has 0 amide bonds. The molecule has 0 aliphatic heterocycles.